The summed E-state index contributed by atoms with van der Waals surface area (Å²) in [5.74, 6) is 0.560. The molecule has 1 aliphatic carbocycles. The number of carbonyl (C=O) groups excluding carboxylic acids is 1. The van der Waals surface area contributed by atoms with Crippen molar-refractivity contribution in [1.82, 2.24) is 14.7 Å². The molecule has 1 saturated heterocycles. The van der Waals surface area contributed by atoms with Crippen LogP contribution in [0.15, 0.2) is 6.20 Å². The van der Waals surface area contributed by atoms with Crippen molar-refractivity contribution in [3.8, 4) is 0 Å². The molecule has 3 rings (SSSR count). The van der Waals surface area contributed by atoms with Gasteiger partial charge in [0.2, 0.25) is 5.91 Å². The third-order valence-electron chi connectivity index (χ3n) is 5.12. The lowest BCUT2D eigenvalue weighted by Gasteiger charge is -2.33. The molecular formula is C17H26ClN3O. The summed E-state index contributed by atoms with van der Waals surface area (Å²) in [7, 11) is 1.89. The predicted molar refractivity (Wildman–Crippen MR) is 87.7 cm³/mol. The van der Waals surface area contributed by atoms with Crippen LogP contribution in [0, 0.1) is 5.92 Å². The molecule has 122 valence electrons. The topological polar surface area (TPSA) is 38.1 Å². The van der Waals surface area contributed by atoms with Crippen LogP contribution in [0.4, 0.5) is 0 Å². The van der Waals surface area contributed by atoms with Gasteiger partial charge in [0.15, 0.2) is 0 Å². The summed E-state index contributed by atoms with van der Waals surface area (Å²) in [6.45, 7) is 0.854. The van der Waals surface area contributed by atoms with E-state index in [1.165, 1.54) is 25.7 Å². The lowest BCUT2D eigenvalue weighted by Crippen LogP contribution is -2.40. The molecule has 0 spiro atoms. The Bertz CT molecular complexity index is 522. The van der Waals surface area contributed by atoms with Gasteiger partial charge in [-0.2, -0.15) is 5.10 Å². The van der Waals surface area contributed by atoms with Crippen molar-refractivity contribution in [2.24, 2.45) is 13.0 Å². The summed E-state index contributed by atoms with van der Waals surface area (Å²) >= 11 is 6.37. The fourth-order valence-electron chi connectivity index (χ4n) is 3.94. The molecule has 0 bridgehead atoms. The van der Waals surface area contributed by atoms with Crippen molar-refractivity contribution >= 4 is 17.5 Å². The van der Waals surface area contributed by atoms with Crippen molar-refractivity contribution in [3.63, 3.8) is 0 Å². The van der Waals surface area contributed by atoms with E-state index in [1.54, 1.807) is 4.68 Å². The van der Waals surface area contributed by atoms with E-state index in [0.717, 1.165) is 44.3 Å². The zero-order chi connectivity index (χ0) is 15.5. The number of hydrogen-bond acceptors (Lipinski definition) is 2. The zero-order valence-corrected chi connectivity index (χ0v) is 14.2. The number of halogens is 1. The lowest BCUT2D eigenvalue weighted by molar-refractivity contribution is -0.139. The second kappa shape index (κ2) is 7.03. The minimum atomic E-state index is 0.0608. The minimum absolute atomic E-state index is 0.0608. The Morgan fingerprint density at radius 1 is 1.14 bits per heavy atom. The van der Waals surface area contributed by atoms with Gasteiger partial charge in [0, 0.05) is 25.7 Å². The molecule has 22 heavy (non-hydrogen) atoms. The van der Waals surface area contributed by atoms with E-state index in [9.17, 15) is 4.79 Å². The van der Waals surface area contributed by atoms with Crippen LogP contribution in [-0.4, -0.2) is 27.1 Å². The summed E-state index contributed by atoms with van der Waals surface area (Å²) in [6.07, 6.45) is 12.0. The number of aromatic nitrogens is 2. The third kappa shape index (κ3) is 3.32. The minimum Gasteiger partial charge on any atom is -0.334 e. The van der Waals surface area contributed by atoms with Crippen LogP contribution < -0.4 is 0 Å². The monoisotopic (exact) mass is 323 g/mol. The van der Waals surface area contributed by atoms with Gasteiger partial charge in [-0.3, -0.25) is 9.48 Å². The van der Waals surface area contributed by atoms with Crippen LogP contribution in [0.1, 0.15) is 69.5 Å². The van der Waals surface area contributed by atoms with Gasteiger partial charge in [-0.15, -0.1) is 0 Å². The summed E-state index contributed by atoms with van der Waals surface area (Å²) in [4.78, 5) is 15.2. The third-order valence-corrected chi connectivity index (χ3v) is 5.41. The zero-order valence-electron chi connectivity index (χ0n) is 13.4. The fraction of sp³-hybridized carbons (Fsp3) is 0.765. The Kier molecular flexibility index (Phi) is 5.07. The van der Waals surface area contributed by atoms with Crippen LogP contribution in [0.25, 0.3) is 0 Å². The first-order chi connectivity index (χ1) is 10.7. The first-order valence-electron chi connectivity index (χ1n) is 8.66. The SMILES string of the molecule is Cn1cc(Cl)c(C2CCCCCN2C(=O)C2CCCCC2)n1. The number of amides is 1. The Morgan fingerprint density at radius 2 is 1.82 bits per heavy atom. The molecule has 1 amide bonds. The molecule has 2 fully saturated rings. The van der Waals surface area contributed by atoms with Crippen LogP contribution in [0.2, 0.25) is 5.02 Å². The van der Waals surface area contributed by atoms with Gasteiger partial charge in [-0.1, -0.05) is 43.7 Å². The van der Waals surface area contributed by atoms with Crippen molar-refractivity contribution < 1.29 is 4.79 Å². The number of carbonyl (C=O) groups is 1. The Morgan fingerprint density at radius 3 is 2.50 bits per heavy atom. The second-order valence-electron chi connectivity index (χ2n) is 6.77. The van der Waals surface area contributed by atoms with Crippen molar-refractivity contribution in [3.05, 3.63) is 16.9 Å². The molecule has 0 radical (unpaired) electrons. The van der Waals surface area contributed by atoms with E-state index >= 15 is 0 Å². The van der Waals surface area contributed by atoms with Gasteiger partial charge in [0.1, 0.15) is 5.69 Å². The first kappa shape index (κ1) is 15.9. The summed E-state index contributed by atoms with van der Waals surface area (Å²) in [6, 6.07) is 0.0608. The molecule has 1 unspecified atom stereocenters. The molecule has 4 nitrogen and oxygen atoms in total. The van der Waals surface area contributed by atoms with E-state index in [-0.39, 0.29) is 12.0 Å². The number of nitrogens with zero attached hydrogens (tertiary/aromatic N) is 3. The first-order valence-corrected chi connectivity index (χ1v) is 9.04. The molecule has 0 aromatic carbocycles. The number of rotatable bonds is 2. The Balaban J connectivity index is 1.84. The van der Waals surface area contributed by atoms with Gasteiger partial charge in [-0.25, -0.2) is 0 Å². The molecule has 0 N–H and O–H groups in total. The molecule has 1 aromatic heterocycles. The van der Waals surface area contributed by atoms with Gasteiger partial charge in [0.25, 0.3) is 0 Å². The van der Waals surface area contributed by atoms with Gasteiger partial charge < -0.3 is 4.90 Å². The lowest BCUT2D eigenvalue weighted by atomic mass is 9.87. The average molecular weight is 324 g/mol. The second-order valence-corrected chi connectivity index (χ2v) is 7.17. The van der Waals surface area contributed by atoms with Crippen molar-refractivity contribution in [2.45, 2.75) is 63.8 Å². The predicted octanol–water partition coefficient (Wildman–Crippen LogP) is 4.10. The molecule has 1 saturated carbocycles. The van der Waals surface area contributed by atoms with Crippen LogP contribution in [0.3, 0.4) is 0 Å². The number of likely N-dealkylation sites (tertiary alicyclic amines) is 1. The average Bonchev–Trinajstić information content (AvgIpc) is 2.74. The Labute approximate surface area is 137 Å². The largest absolute Gasteiger partial charge is 0.334 e. The van der Waals surface area contributed by atoms with E-state index < -0.39 is 0 Å². The van der Waals surface area contributed by atoms with Crippen molar-refractivity contribution in [2.75, 3.05) is 6.54 Å². The maximum Gasteiger partial charge on any atom is 0.226 e. The molecule has 2 heterocycles. The normalized spacial score (nSPS) is 24.3. The van der Waals surface area contributed by atoms with Gasteiger partial charge >= 0.3 is 0 Å². The van der Waals surface area contributed by atoms with E-state index in [4.69, 9.17) is 11.6 Å². The van der Waals surface area contributed by atoms with Crippen LogP contribution >= 0.6 is 11.6 Å². The molecule has 5 heteroatoms. The molecular weight excluding hydrogens is 298 g/mol. The summed E-state index contributed by atoms with van der Waals surface area (Å²) in [5, 5.41) is 5.23. The van der Waals surface area contributed by atoms with Gasteiger partial charge in [0.05, 0.1) is 11.1 Å². The molecule has 2 aliphatic rings. The smallest absolute Gasteiger partial charge is 0.226 e. The van der Waals surface area contributed by atoms with E-state index in [1.807, 2.05) is 13.2 Å². The van der Waals surface area contributed by atoms with E-state index in [0.29, 0.717) is 10.9 Å². The summed E-state index contributed by atoms with van der Waals surface area (Å²) < 4.78 is 1.76. The molecule has 1 atom stereocenters. The van der Waals surface area contributed by atoms with E-state index in [2.05, 4.69) is 10.00 Å². The Hall–Kier alpha value is -1.03. The fourth-order valence-corrected chi connectivity index (χ4v) is 4.25. The standard InChI is InChI=1S/C17H26ClN3O/c1-20-12-14(18)16(19-20)15-10-6-3-7-11-21(15)17(22)13-8-4-2-5-9-13/h12-13,15H,2-11H2,1H3. The highest BCUT2D eigenvalue weighted by Crippen LogP contribution is 2.36. The molecule has 1 aromatic rings. The maximum atomic E-state index is 13.1. The van der Waals surface area contributed by atoms with Crippen LogP contribution in [-0.2, 0) is 11.8 Å². The molecule has 1 aliphatic heterocycles. The highest BCUT2D eigenvalue weighted by atomic mass is 35.5. The highest BCUT2D eigenvalue weighted by molar-refractivity contribution is 6.31. The summed E-state index contributed by atoms with van der Waals surface area (Å²) in [5.41, 5.74) is 0.884. The van der Waals surface area contributed by atoms with Crippen molar-refractivity contribution in [1.29, 1.82) is 0 Å². The van der Waals surface area contributed by atoms with Gasteiger partial charge in [-0.05, 0) is 25.7 Å². The number of aryl methyl sites for hydroxylation is 1. The quantitative estimate of drug-likeness (QED) is 0.822. The number of hydrogen-bond donors (Lipinski definition) is 0. The maximum absolute atomic E-state index is 13.1. The highest BCUT2D eigenvalue weighted by Gasteiger charge is 2.34. The van der Waals surface area contributed by atoms with Crippen LogP contribution in [0.5, 0.6) is 0 Å².